The molecule has 5 heteroatoms. The zero-order valence-electron chi connectivity index (χ0n) is 12.2. The summed E-state index contributed by atoms with van der Waals surface area (Å²) in [5, 5.41) is 3.08. The van der Waals surface area contributed by atoms with Crippen LogP contribution in [-0.2, 0) is 11.3 Å². The van der Waals surface area contributed by atoms with Crippen molar-refractivity contribution >= 4 is 27.4 Å². The molecule has 3 aromatic rings. The Morgan fingerprint density at radius 2 is 2.05 bits per heavy atom. The van der Waals surface area contributed by atoms with Crippen molar-refractivity contribution in [3.63, 3.8) is 0 Å². The van der Waals surface area contributed by atoms with Gasteiger partial charge in [0.1, 0.15) is 17.9 Å². The van der Waals surface area contributed by atoms with Crippen LogP contribution < -0.4 is 5.63 Å². The van der Waals surface area contributed by atoms with Gasteiger partial charge in [-0.3, -0.25) is 0 Å². The van der Waals surface area contributed by atoms with Crippen LogP contribution in [0.2, 0.25) is 0 Å². The molecule has 0 atom stereocenters. The summed E-state index contributed by atoms with van der Waals surface area (Å²) in [5.41, 5.74) is 1.39. The molecule has 0 saturated carbocycles. The van der Waals surface area contributed by atoms with E-state index in [0.717, 1.165) is 15.6 Å². The van der Waals surface area contributed by atoms with E-state index >= 15 is 0 Å². The molecule has 0 fully saturated rings. The number of ether oxygens (including phenoxy) is 1. The third kappa shape index (κ3) is 2.67. The predicted octanol–water partition coefficient (Wildman–Crippen LogP) is 3.83. The van der Waals surface area contributed by atoms with Crippen molar-refractivity contribution in [2.75, 3.05) is 0 Å². The first kappa shape index (κ1) is 14.5. The summed E-state index contributed by atoms with van der Waals surface area (Å²) in [6.07, 6.45) is 0. The highest BCUT2D eigenvalue weighted by atomic mass is 32.1. The van der Waals surface area contributed by atoms with E-state index in [9.17, 15) is 9.59 Å². The summed E-state index contributed by atoms with van der Waals surface area (Å²) in [5.74, 6) is -0.195. The Kier molecular flexibility index (Phi) is 3.81. The smallest absolute Gasteiger partial charge is 0.342 e. The summed E-state index contributed by atoms with van der Waals surface area (Å²) in [6.45, 7) is 3.48. The molecule has 0 aliphatic rings. The van der Waals surface area contributed by atoms with Crippen LogP contribution in [0.25, 0.3) is 10.1 Å². The minimum Gasteiger partial charge on any atom is -0.457 e. The molecule has 0 amide bonds. The number of carbonyl (C=O) groups excluding carboxylic acids is 1. The quantitative estimate of drug-likeness (QED) is 0.689. The van der Waals surface area contributed by atoms with Gasteiger partial charge in [0.05, 0.1) is 0 Å². The van der Waals surface area contributed by atoms with Gasteiger partial charge < -0.3 is 9.15 Å². The minimum atomic E-state index is -0.478. The zero-order valence-corrected chi connectivity index (χ0v) is 13.0. The normalized spacial score (nSPS) is 10.8. The Labute approximate surface area is 131 Å². The first-order valence-electron chi connectivity index (χ1n) is 6.80. The van der Waals surface area contributed by atoms with E-state index in [0.29, 0.717) is 11.1 Å². The molecule has 0 aliphatic carbocycles. The van der Waals surface area contributed by atoms with Crippen LogP contribution in [0.3, 0.4) is 0 Å². The largest absolute Gasteiger partial charge is 0.457 e. The summed E-state index contributed by atoms with van der Waals surface area (Å²) in [6, 6.07) is 9.27. The molecule has 112 valence electrons. The number of hydrogen-bond donors (Lipinski definition) is 0. The van der Waals surface area contributed by atoms with Gasteiger partial charge in [0.25, 0.3) is 0 Å². The standard InChI is InChI=1S/C17H14O4S/c1-10-7-15(18)21-11(2)16(10)17(19)20-8-12-9-22-14-6-4-3-5-13(12)14/h3-7,9H,8H2,1-2H3. The van der Waals surface area contributed by atoms with E-state index < -0.39 is 11.6 Å². The maximum atomic E-state index is 12.2. The molecule has 3 rings (SSSR count). The number of benzene rings is 1. The van der Waals surface area contributed by atoms with E-state index in [1.54, 1.807) is 25.2 Å². The minimum absolute atomic E-state index is 0.195. The molecule has 22 heavy (non-hydrogen) atoms. The average Bonchev–Trinajstić information content (AvgIpc) is 2.87. The second kappa shape index (κ2) is 5.77. The van der Waals surface area contributed by atoms with Gasteiger partial charge >= 0.3 is 11.6 Å². The molecule has 0 bridgehead atoms. The summed E-state index contributed by atoms with van der Waals surface area (Å²) >= 11 is 1.62. The molecule has 4 nitrogen and oxygen atoms in total. The van der Waals surface area contributed by atoms with Crippen molar-refractivity contribution in [3.8, 4) is 0 Å². The van der Waals surface area contributed by atoms with Crippen molar-refractivity contribution in [2.45, 2.75) is 20.5 Å². The SMILES string of the molecule is Cc1cc(=O)oc(C)c1C(=O)OCc1csc2ccccc12. The van der Waals surface area contributed by atoms with Gasteiger partial charge in [-0.2, -0.15) is 0 Å². The number of hydrogen-bond acceptors (Lipinski definition) is 5. The first-order chi connectivity index (χ1) is 10.6. The molecule has 0 N–H and O–H groups in total. The van der Waals surface area contributed by atoms with Crippen LogP contribution in [-0.4, -0.2) is 5.97 Å². The summed E-state index contributed by atoms with van der Waals surface area (Å²) in [4.78, 5) is 23.5. The van der Waals surface area contributed by atoms with Crippen LogP contribution in [0.1, 0.15) is 27.2 Å². The number of aryl methyl sites for hydroxylation is 2. The highest BCUT2D eigenvalue weighted by Gasteiger charge is 2.17. The topological polar surface area (TPSA) is 56.5 Å². The van der Waals surface area contributed by atoms with E-state index in [-0.39, 0.29) is 12.4 Å². The van der Waals surface area contributed by atoms with Crippen LogP contribution >= 0.6 is 11.3 Å². The van der Waals surface area contributed by atoms with Crippen LogP contribution in [0.5, 0.6) is 0 Å². The van der Waals surface area contributed by atoms with E-state index in [4.69, 9.17) is 9.15 Å². The van der Waals surface area contributed by atoms with Crippen LogP contribution in [0.4, 0.5) is 0 Å². The van der Waals surface area contributed by atoms with Gasteiger partial charge in [-0.1, -0.05) is 18.2 Å². The second-order valence-corrected chi connectivity index (χ2v) is 5.92. The molecule has 1 aromatic carbocycles. The molecular formula is C17H14O4S. The van der Waals surface area contributed by atoms with Gasteiger partial charge in [0, 0.05) is 16.3 Å². The van der Waals surface area contributed by atoms with E-state index in [2.05, 4.69) is 0 Å². The van der Waals surface area contributed by atoms with Gasteiger partial charge in [0.15, 0.2) is 0 Å². The van der Waals surface area contributed by atoms with Crippen LogP contribution in [0, 0.1) is 13.8 Å². The molecule has 0 radical (unpaired) electrons. The lowest BCUT2D eigenvalue weighted by atomic mass is 10.1. The molecular weight excluding hydrogens is 300 g/mol. The van der Waals surface area contributed by atoms with Crippen molar-refractivity contribution in [1.29, 1.82) is 0 Å². The highest BCUT2D eigenvalue weighted by molar-refractivity contribution is 7.17. The first-order valence-corrected chi connectivity index (χ1v) is 7.68. The molecule has 0 aliphatic heterocycles. The van der Waals surface area contributed by atoms with E-state index in [1.165, 1.54) is 6.07 Å². The van der Waals surface area contributed by atoms with Crippen molar-refractivity contribution in [3.05, 3.63) is 68.6 Å². The van der Waals surface area contributed by atoms with Gasteiger partial charge in [-0.15, -0.1) is 11.3 Å². The fourth-order valence-corrected chi connectivity index (χ4v) is 3.37. The fourth-order valence-electron chi connectivity index (χ4n) is 2.42. The Morgan fingerprint density at radius 3 is 2.82 bits per heavy atom. The van der Waals surface area contributed by atoms with Crippen molar-refractivity contribution in [2.24, 2.45) is 0 Å². The maximum Gasteiger partial charge on any atom is 0.342 e. The molecule has 2 aromatic heterocycles. The Bertz CT molecular complexity index is 878. The monoisotopic (exact) mass is 314 g/mol. The third-order valence-corrected chi connectivity index (χ3v) is 4.47. The fraction of sp³-hybridized carbons (Fsp3) is 0.176. The highest BCUT2D eigenvalue weighted by Crippen LogP contribution is 2.26. The van der Waals surface area contributed by atoms with Crippen molar-refractivity contribution in [1.82, 2.24) is 0 Å². The van der Waals surface area contributed by atoms with Crippen LogP contribution in [0.15, 0.2) is 44.9 Å². The predicted molar refractivity (Wildman–Crippen MR) is 85.4 cm³/mol. The number of esters is 1. The lowest BCUT2D eigenvalue weighted by molar-refractivity contribution is 0.0469. The number of rotatable bonds is 3. The zero-order chi connectivity index (χ0) is 15.7. The summed E-state index contributed by atoms with van der Waals surface area (Å²) in [7, 11) is 0. The van der Waals surface area contributed by atoms with Gasteiger partial charge in [-0.25, -0.2) is 9.59 Å². The third-order valence-electron chi connectivity index (χ3n) is 3.46. The number of carbonyl (C=O) groups is 1. The molecule has 0 saturated heterocycles. The van der Waals surface area contributed by atoms with Gasteiger partial charge in [0.2, 0.25) is 0 Å². The summed E-state index contributed by atoms with van der Waals surface area (Å²) < 4.78 is 11.5. The van der Waals surface area contributed by atoms with E-state index in [1.807, 2.05) is 29.6 Å². The second-order valence-electron chi connectivity index (χ2n) is 5.01. The molecule has 0 unspecified atom stereocenters. The van der Waals surface area contributed by atoms with Gasteiger partial charge in [-0.05, 0) is 36.2 Å². The lowest BCUT2D eigenvalue weighted by Gasteiger charge is -2.08. The average molecular weight is 314 g/mol. The number of thiophene rings is 1. The Morgan fingerprint density at radius 1 is 1.27 bits per heavy atom. The Balaban J connectivity index is 1.82. The Hall–Kier alpha value is -2.40. The number of fused-ring (bicyclic) bond motifs is 1. The molecule has 0 spiro atoms. The maximum absolute atomic E-state index is 12.2. The van der Waals surface area contributed by atoms with Crippen molar-refractivity contribution < 1.29 is 13.9 Å². The molecule has 2 heterocycles. The lowest BCUT2D eigenvalue weighted by Crippen LogP contribution is -2.12.